The first kappa shape index (κ1) is 32.0. The molecule has 2 N–H and O–H groups in total. The van der Waals surface area contributed by atoms with Crippen molar-refractivity contribution in [1.29, 1.82) is 0 Å². The Kier molecular flexibility index (Phi) is 8.33. The molecule has 2 heterocycles. The molecule has 0 aromatic heterocycles. The van der Waals surface area contributed by atoms with Crippen molar-refractivity contribution in [1.82, 2.24) is 9.91 Å². The topological polar surface area (TPSA) is 116 Å². The number of allylic oxidation sites excluding steroid dienone is 2. The first-order valence-corrected chi connectivity index (χ1v) is 16.6. The number of likely N-dealkylation sites (tertiary alicyclic amines) is 1. The lowest BCUT2D eigenvalue weighted by atomic mass is 9.49. The Balaban J connectivity index is 1.42. The molecule has 48 heavy (non-hydrogen) atoms. The van der Waals surface area contributed by atoms with Gasteiger partial charge >= 0.3 is 0 Å². The van der Waals surface area contributed by atoms with E-state index in [-0.39, 0.29) is 31.4 Å². The number of carbonyl (C=O) groups excluding carboxylic acids is 4. The van der Waals surface area contributed by atoms with E-state index in [1.807, 2.05) is 25.1 Å². The van der Waals surface area contributed by atoms with E-state index in [1.54, 1.807) is 36.4 Å². The molecule has 6 unspecified atom stereocenters. The monoisotopic (exact) mass is 671 g/mol. The highest BCUT2D eigenvalue weighted by molar-refractivity contribution is 6.30. The summed E-state index contributed by atoms with van der Waals surface area (Å²) < 4.78 is 19.4. The second kappa shape index (κ2) is 12.5. The van der Waals surface area contributed by atoms with Crippen molar-refractivity contribution in [2.24, 2.45) is 23.7 Å². The van der Waals surface area contributed by atoms with Gasteiger partial charge < -0.3 is 9.84 Å². The van der Waals surface area contributed by atoms with Gasteiger partial charge in [0.2, 0.25) is 11.8 Å². The number of carbonyl (C=O) groups is 4. The van der Waals surface area contributed by atoms with E-state index in [2.05, 4.69) is 5.43 Å². The van der Waals surface area contributed by atoms with Crippen LogP contribution in [0.25, 0.3) is 0 Å². The van der Waals surface area contributed by atoms with Crippen LogP contribution in [0.1, 0.15) is 43.2 Å². The minimum Gasteiger partial charge on any atom is -0.491 e. The van der Waals surface area contributed by atoms with E-state index in [4.69, 9.17) is 16.3 Å². The van der Waals surface area contributed by atoms with E-state index >= 15 is 4.79 Å². The summed E-state index contributed by atoms with van der Waals surface area (Å²) >= 11 is 6.34. The first-order valence-electron chi connectivity index (χ1n) is 16.3. The Bertz CT molecular complexity index is 1800. The Morgan fingerprint density at radius 1 is 0.938 bits per heavy atom. The van der Waals surface area contributed by atoms with Crippen LogP contribution in [0.3, 0.4) is 0 Å². The predicted molar refractivity (Wildman–Crippen MR) is 175 cm³/mol. The number of aliphatic hydroxyl groups is 1. The number of amides is 4. The maximum atomic E-state index is 15.1. The van der Waals surface area contributed by atoms with Gasteiger partial charge in [-0.15, -0.1) is 0 Å². The quantitative estimate of drug-likeness (QED) is 0.236. The van der Waals surface area contributed by atoms with Gasteiger partial charge in [-0.25, -0.2) is 4.39 Å². The Morgan fingerprint density at radius 2 is 1.65 bits per heavy atom. The first-order chi connectivity index (χ1) is 23.2. The molecule has 3 fully saturated rings. The zero-order valence-electron chi connectivity index (χ0n) is 26.3. The number of nitrogens with zero attached hydrogens (tertiary/aromatic N) is 2. The number of hydrogen-bond donors (Lipinski definition) is 2. The number of aliphatic hydroxyl groups excluding tert-OH is 1. The number of halogens is 2. The summed E-state index contributed by atoms with van der Waals surface area (Å²) in [5, 5.41) is 10.8. The average Bonchev–Trinajstić information content (AvgIpc) is 3.46. The second-order valence-corrected chi connectivity index (χ2v) is 13.3. The van der Waals surface area contributed by atoms with E-state index in [0.29, 0.717) is 41.4 Å². The normalized spacial score (nSPS) is 27.8. The summed E-state index contributed by atoms with van der Waals surface area (Å²) in [4.78, 5) is 58.5. The number of anilines is 1. The molecule has 4 amide bonds. The maximum absolute atomic E-state index is 15.1. The Hall–Kier alpha value is -4.54. The lowest BCUT2D eigenvalue weighted by Crippen LogP contribution is -2.53. The molecule has 3 aromatic rings. The number of benzene rings is 3. The zero-order valence-corrected chi connectivity index (χ0v) is 27.0. The van der Waals surface area contributed by atoms with Gasteiger partial charge in [0.25, 0.3) is 11.8 Å². The minimum absolute atomic E-state index is 0.108. The number of nitrogens with one attached hydrogen (secondary N) is 1. The van der Waals surface area contributed by atoms with Gasteiger partial charge in [-0.3, -0.25) is 29.5 Å². The van der Waals surface area contributed by atoms with Crippen molar-refractivity contribution in [2.75, 3.05) is 25.2 Å². The van der Waals surface area contributed by atoms with Gasteiger partial charge in [-0.1, -0.05) is 54.4 Å². The standard InChI is InChI=1S/C37H35ClFN3O6/c1-2-17-41-33(44)28-16-15-27-29(31(28)35(41)46)20-30-34(45)42(40-25-11-9-24(39)10-12-25)36(47)37(30,22-5-7-23(38)8-6-22)32(27)21-3-13-26(14-4-21)48-19-18-43/h3-15,28-32,40,43H,2,16-20H2,1H3. The van der Waals surface area contributed by atoms with Crippen LogP contribution in [-0.4, -0.2) is 58.4 Å². The third-order valence-corrected chi connectivity index (χ3v) is 10.6. The van der Waals surface area contributed by atoms with Gasteiger partial charge in [0.15, 0.2) is 0 Å². The number of fused-ring (bicyclic) bond motifs is 4. The molecular formula is C37H35ClFN3O6. The van der Waals surface area contributed by atoms with Crippen LogP contribution < -0.4 is 10.2 Å². The smallest absolute Gasteiger partial charge is 0.260 e. The predicted octanol–water partition coefficient (Wildman–Crippen LogP) is 5.25. The number of hydrogen-bond acceptors (Lipinski definition) is 7. The van der Waals surface area contributed by atoms with Gasteiger partial charge in [-0.2, -0.15) is 5.01 Å². The molecule has 1 saturated carbocycles. The summed E-state index contributed by atoms with van der Waals surface area (Å²) in [6.07, 6.45) is 3.16. The van der Waals surface area contributed by atoms with Crippen molar-refractivity contribution >= 4 is 40.9 Å². The minimum atomic E-state index is -1.45. The van der Waals surface area contributed by atoms with Crippen molar-refractivity contribution in [3.05, 3.63) is 106 Å². The molecule has 0 spiro atoms. The highest BCUT2D eigenvalue weighted by Gasteiger charge is 2.70. The van der Waals surface area contributed by atoms with Crippen LogP contribution in [-0.2, 0) is 24.6 Å². The average molecular weight is 672 g/mol. The van der Waals surface area contributed by atoms with Crippen LogP contribution in [0.15, 0.2) is 84.4 Å². The highest BCUT2D eigenvalue weighted by Crippen LogP contribution is 2.64. The van der Waals surface area contributed by atoms with Crippen LogP contribution >= 0.6 is 11.6 Å². The molecule has 7 rings (SSSR count). The molecule has 248 valence electrons. The summed E-state index contributed by atoms with van der Waals surface area (Å²) in [5.74, 6) is -4.59. The molecule has 2 aliphatic carbocycles. The van der Waals surface area contributed by atoms with Crippen molar-refractivity contribution in [3.8, 4) is 5.75 Å². The Labute approximate surface area is 282 Å². The van der Waals surface area contributed by atoms with E-state index in [1.165, 1.54) is 29.2 Å². The SMILES string of the molecule is CCCN1C(=O)C2CC=C3C(CC4C(=O)N(Nc5ccc(F)cc5)C(=O)C4(c4ccc(Cl)cc4)C3c3ccc(OCCO)cc3)C2C1=O. The third kappa shape index (κ3) is 4.92. The highest BCUT2D eigenvalue weighted by atomic mass is 35.5. The molecule has 9 nitrogen and oxygen atoms in total. The second-order valence-electron chi connectivity index (χ2n) is 12.8. The number of rotatable bonds is 9. The molecule has 4 aliphatic rings. The fourth-order valence-corrected chi connectivity index (χ4v) is 8.59. The molecule has 0 radical (unpaired) electrons. The van der Waals surface area contributed by atoms with Crippen LogP contribution in [0.4, 0.5) is 10.1 Å². The lowest BCUT2D eigenvalue weighted by molar-refractivity contribution is -0.141. The zero-order chi connectivity index (χ0) is 33.7. The van der Waals surface area contributed by atoms with Gasteiger partial charge in [0.05, 0.1) is 35.5 Å². The van der Waals surface area contributed by atoms with Gasteiger partial charge in [0, 0.05) is 17.5 Å². The summed E-state index contributed by atoms with van der Waals surface area (Å²) in [7, 11) is 0. The van der Waals surface area contributed by atoms with Crippen LogP contribution in [0.2, 0.25) is 5.02 Å². The lowest BCUT2D eigenvalue weighted by Gasteiger charge is -2.50. The fourth-order valence-electron chi connectivity index (χ4n) is 8.46. The molecule has 2 saturated heterocycles. The third-order valence-electron chi connectivity index (χ3n) is 10.4. The van der Waals surface area contributed by atoms with Crippen molar-refractivity contribution in [2.45, 2.75) is 37.5 Å². The van der Waals surface area contributed by atoms with E-state index in [0.717, 1.165) is 16.1 Å². The summed E-state index contributed by atoms with van der Waals surface area (Å²) in [6.45, 7) is 2.20. The van der Waals surface area contributed by atoms with E-state index in [9.17, 15) is 23.9 Å². The molecule has 0 bridgehead atoms. The number of ether oxygens (including phenoxy) is 1. The molecular weight excluding hydrogens is 637 g/mol. The molecule has 11 heteroatoms. The molecule has 6 atom stereocenters. The summed E-state index contributed by atoms with van der Waals surface area (Å²) in [6, 6.07) is 19.5. The summed E-state index contributed by atoms with van der Waals surface area (Å²) in [5.41, 5.74) is 4.02. The van der Waals surface area contributed by atoms with Crippen LogP contribution in [0.5, 0.6) is 5.75 Å². The van der Waals surface area contributed by atoms with Gasteiger partial charge in [-0.05, 0) is 84.8 Å². The van der Waals surface area contributed by atoms with Gasteiger partial charge in [0.1, 0.15) is 18.2 Å². The van der Waals surface area contributed by atoms with Crippen molar-refractivity contribution < 1.29 is 33.4 Å². The maximum Gasteiger partial charge on any atom is 0.260 e. The van der Waals surface area contributed by atoms with Crippen LogP contribution in [0, 0.1) is 29.5 Å². The largest absolute Gasteiger partial charge is 0.491 e. The Morgan fingerprint density at radius 3 is 2.31 bits per heavy atom. The number of hydrazine groups is 1. The van der Waals surface area contributed by atoms with Crippen molar-refractivity contribution in [3.63, 3.8) is 0 Å². The fraction of sp³-hybridized carbons (Fsp3) is 0.351. The van der Waals surface area contributed by atoms with E-state index < -0.39 is 52.6 Å². The molecule has 3 aromatic carbocycles. The number of imide groups is 2. The molecule has 2 aliphatic heterocycles.